The van der Waals surface area contributed by atoms with E-state index in [-0.39, 0.29) is 0 Å². The normalized spacial score (nSPS) is 13.0. The number of carboxylic acids is 2. The Bertz CT molecular complexity index is 741. The lowest BCUT2D eigenvalue weighted by atomic mass is 10.1. The molecular weight excluding hydrogens is 344 g/mol. The zero-order valence-corrected chi connectivity index (χ0v) is 15.5. The number of benzene rings is 2. The highest BCUT2D eigenvalue weighted by Crippen LogP contribution is 2.24. The molecule has 0 unspecified atom stereocenters. The predicted molar refractivity (Wildman–Crippen MR) is 105 cm³/mol. The predicted octanol–water partition coefficient (Wildman–Crippen LogP) is 3.04. The van der Waals surface area contributed by atoms with Gasteiger partial charge in [-0.3, -0.25) is 0 Å². The molecule has 1 aliphatic rings. The number of aryl methyl sites for hydroxylation is 1. The van der Waals surface area contributed by atoms with Crippen LogP contribution in [-0.4, -0.2) is 35.2 Å². The average molecular weight is 370 g/mol. The summed E-state index contributed by atoms with van der Waals surface area (Å²) in [5.74, 6) is -3.65. The number of rotatable bonds is 5. The molecule has 2 aromatic rings. The summed E-state index contributed by atoms with van der Waals surface area (Å²) in [7, 11) is 0. The van der Waals surface area contributed by atoms with Crippen LogP contribution in [0.3, 0.4) is 0 Å². The molecule has 1 fully saturated rings. The van der Waals surface area contributed by atoms with E-state index in [1.54, 1.807) is 0 Å². The summed E-state index contributed by atoms with van der Waals surface area (Å²) in [5, 5.41) is 18.4. The van der Waals surface area contributed by atoms with Gasteiger partial charge in [0.25, 0.3) is 0 Å². The van der Waals surface area contributed by atoms with Gasteiger partial charge < -0.3 is 20.4 Å². The molecule has 0 amide bonds. The first-order valence-electron chi connectivity index (χ1n) is 9.02. The first kappa shape index (κ1) is 20.5. The lowest BCUT2D eigenvalue weighted by molar-refractivity contribution is -0.159. The van der Waals surface area contributed by atoms with Gasteiger partial charge in [-0.25, -0.2) is 9.59 Å². The second-order valence-electron chi connectivity index (χ2n) is 6.52. The van der Waals surface area contributed by atoms with Crippen LogP contribution in [0.25, 0.3) is 0 Å². The fraction of sp³-hybridized carbons (Fsp3) is 0.333. The minimum atomic E-state index is -1.82. The molecule has 1 heterocycles. The topological polar surface area (TPSA) is 89.9 Å². The Balaban J connectivity index is 0.000000380. The van der Waals surface area contributed by atoms with Crippen molar-refractivity contribution in [2.75, 3.05) is 18.0 Å². The Kier molecular flexibility index (Phi) is 7.82. The second-order valence-corrected chi connectivity index (χ2v) is 6.52. The number of aliphatic carboxylic acids is 2. The zero-order chi connectivity index (χ0) is 19.6. The van der Waals surface area contributed by atoms with Crippen LogP contribution < -0.4 is 10.2 Å². The van der Waals surface area contributed by atoms with Crippen molar-refractivity contribution in [1.82, 2.24) is 5.32 Å². The highest BCUT2D eigenvalue weighted by atomic mass is 16.4. The fourth-order valence-corrected chi connectivity index (χ4v) is 2.97. The molecule has 6 nitrogen and oxygen atoms in total. The molecule has 0 aromatic heterocycles. The monoisotopic (exact) mass is 370 g/mol. The number of nitrogens with one attached hydrogen (secondary N) is 1. The van der Waals surface area contributed by atoms with E-state index in [4.69, 9.17) is 19.8 Å². The van der Waals surface area contributed by atoms with Gasteiger partial charge in [-0.05, 0) is 37.0 Å². The van der Waals surface area contributed by atoms with Crippen LogP contribution in [0.15, 0.2) is 48.5 Å². The quantitative estimate of drug-likeness (QED) is 0.701. The van der Waals surface area contributed by atoms with Crippen molar-refractivity contribution in [2.24, 2.45) is 0 Å². The minimum Gasteiger partial charge on any atom is -0.473 e. The van der Waals surface area contributed by atoms with Gasteiger partial charge in [-0.2, -0.15) is 0 Å². The summed E-state index contributed by atoms with van der Waals surface area (Å²) >= 11 is 0. The molecule has 0 bridgehead atoms. The zero-order valence-electron chi connectivity index (χ0n) is 15.5. The Morgan fingerprint density at radius 1 is 0.926 bits per heavy atom. The molecule has 3 rings (SSSR count). The fourth-order valence-electron chi connectivity index (χ4n) is 2.97. The van der Waals surface area contributed by atoms with Crippen LogP contribution in [0.4, 0.5) is 5.69 Å². The van der Waals surface area contributed by atoms with Crippen molar-refractivity contribution >= 4 is 17.6 Å². The molecule has 6 heteroatoms. The molecule has 0 atom stereocenters. The lowest BCUT2D eigenvalue weighted by Crippen LogP contribution is -2.21. The molecule has 3 N–H and O–H groups in total. The molecule has 0 radical (unpaired) electrons. The van der Waals surface area contributed by atoms with E-state index in [1.165, 1.54) is 48.3 Å². The van der Waals surface area contributed by atoms with Gasteiger partial charge in [0.15, 0.2) is 0 Å². The van der Waals surface area contributed by atoms with Crippen LogP contribution in [0.1, 0.15) is 29.5 Å². The number of para-hydroxylation sites is 1. The van der Waals surface area contributed by atoms with E-state index in [0.717, 1.165) is 13.1 Å². The molecular formula is C21H26N2O4. The van der Waals surface area contributed by atoms with Crippen LogP contribution >= 0.6 is 0 Å². The summed E-state index contributed by atoms with van der Waals surface area (Å²) in [6, 6.07) is 17.6. The van der Waals surface area contributed by atoms with E-state index in [2.05, 4.69) is 65.7 Å². The Labute approximate surface area is 159 Å². The van der Waals surface area contributed by atoms with Crippen molar-refractivity contribution in [1.29, 1.82) is 0 Å². The first-order chi connectivity index (χ1) is 13.0. The van der Waals surface area contributed by atoms with Gasteiger partial charge in [0, 0.05) is 31.9 Å². The maximum absolute atomic E-state index is 9.10. The Morgan fingerprint density at radius 2 is 1.52 bits per heavy atom. The van der Waals surface area contributed by atoms with Gasteiger partial charge in [-0.15, -0.1) is 0 Å². The van der Waals surface area contributed by atoms with Gasteiger partial charge in [0.2, 0.25) is 0 Å². The third kappa shape index (κ3) is 6.75. The summed E-state index contributed by atoms with van der Waals surface area (Å²) < 4.78 is 0. The molecule has 144 valence electrons. The smallest absolute Gasteiger partial charge is 0.414 e. The van der Waals surface area contributed by atoms with Crippen molar-refractivity contribution < 1.29 is 19.8 Å². The molecule has 1 saturated heterocycles. The Morgan fingerprint density at radius 3 is 2.11 bits per heavy atom. The first-order valence-corrected chi connectivity index (χ1v) is 9.02. The van der Waals surface area contributed by atoms with Gasteiger partial charge in [-0.1, -0.05) is 48.0 Å². The minimum absolute atomic E-state index is 0.925. The van der Waals surface area contributed by atoms with Crippen LogP contribution in [-0.2, 0) is 22.7 Å². The number of carbonyl (C=O) groups is 2. The van der Waals surface area contributed by atoms with E-state index in [1.807, 2.05) is 0 Å². The van der Waals surface area contributed by atoms with Gasteiger partial charge >= 0.3 is 11.9 Å². The third-order valence-corrected chi connectivity index (χ3v) is 4.39. The molecule has 0 aliphatic carbocycles. The van der Waals surface area contributed by atoms with E-state index >= 15 is 0 Å². The van der Waals surface area contributed by atoms with Gasteiger partial charge in [0.1, 0.15) is 0 Å². The highest BCUT2D eigenvalue weighted by molar-refractivity contribution is 6.27. The molecule has 2 aromatic carbocycles. The number of hydrogen-bond acceptors (Lipinski definition) is 4. The summed E-state index contributed by atoms with van der Waals surface area (Å²) in [5.41, 5.74) is 5.48. The number of hydrogen-bond donors (Lipinski definition) is 3. The van der Waals surface area contributed by atoms with E-state index in [0.29, 0.717) is 0 Å². The summed E-state index contributed by atoms with van der Waals surface area (Å²) in [4.78, 5) is 20.7. The largest absolute Gasteiger partial charge is 0.473 e. The molecule has 27 heavy (non-hydrogen) atoms. The maximum atomic E-state index is 9.10. The number of nitrogens with zero attached hydrogens (tertiary/aromatic N) is 1. The van der Waals surface area contributed by atoms with Crippen molar-refractivity contribution in [2.45, 2.75) is 32.9 Å². The number of anilines is 1. The van der Waals surface area contributed by atoms with Crippen LogP contribution in [0.2, 0.25) is 0 Å². The summed E-state index contributed by atoms with van der Waals surface area (Å²) in [6.07, 6.45) is 2.65. The van der Waals surface area contributed by atoms with Crippen molar-refractivity contribution in [3.05, 3.63) is 65.2 Å². The molecule has 0 saturated carbocycles. The van der Waals surface area contributed by atoms with Crippen LogP contribution in [0.5, 0.6) is 0 Å². The highest BCUT2D eigenvalue weighted by Gasteiger charge is 2.14. The Hall–Kier alpha value is -2.86. The van der Waals surface area contributed by atoms with E-state index < -0.39 is 11.9 Å². The van der Waals surface area contributed by atoms with Crippen LogP contribution in [0, 0.1) is 6.92 Å². The maximum Gasteiger partial charge on any atom is 0.414 e. The summed E-state index contributed by atoms with van der Waals surface area (Å²) in [6.45, 7) is 6.39. The SMILES string of the molecule is Cc1ccc(CNCc2ccccc2N2CCCC2)cc1.O=C(O)C(=O)O. The van der Waals surface area contributed by atoms with Crippen molar-refractivity contribution in [3.63, 3.8) is 0 Å². The average Bonchev–Trinajstić information content (AvgIpc) is 3.19. The van der Waals surface area contributed by atoms with Gasteiger partial charge in [0.05, 0.1) is 0 Å². The molecule has 1 aliphatic heterocycles. The standard InChI is InChI=1S/C19H24N2.C2H2O4/c1-16-8-10-17(11-9-16)14-20-15-18-6-2-3-7-19(18)21-12-4-5-13-21;3-1(4)2(5)6/h2-3,6-11,20H,4-5,12-15H2,1H3;(H,3,4)(H,5,6). The lowest BCUT2D eigenvalue weighted by Gasteiger charge is -2.21. The van der Waals surface area contributed by atoms with Crippen molar-refractivity contribution in [3.8, 4) is 0 Å². The third-order valence-electron chi connectivity index (χ3n) is 4.39. The molecule has 0 spiro atoms. The second kappa shape index (κ2) is 10.3. The van der Waals surface area contributed by atoms with E-state index in [9.17, 15) is 0 Å². The number of carboxylic acid groups (broad SMARTS) is 2.